The molecule has 1 saturated heterocycles. The molecule has 2 rings (SSSR count). The van der Waals surface area contributed by atoms with Crippen LogP contribution in [0.1, 0.15) is 45.4 Å². The summed E-state index contributed by atoms with van der Waals surface area (Å²) in [7, 11) is 4.59. The Balaban J connectivity index is 2.03. The van der Waals surface area contributed by atoms with Crippen molar-refractivity contribution in [3.8, 4) is 0 Å². The number of rotatable bonds is 4. The summed E-state index contributed by atoms with van der Waals surface area (Å²) in [5.41, 5.74) is 0. The fraction of sp³-hybridized carbons (Fsp3) is 1.00. The quantitative estimate of drug-likeness (QED) is 0.788. The third-order valence-corrected chi connectivity index (χ3v) is 5.16. The molecule has 0 aromatic heterocycles. The van der Waals surface area contributed by atoms with Crippen LogP contribution in [0.2, 0.25) is 0 Å². The van der Waals surface area contributed by atoms with E-state index >= 15 is 0 Å². The smallest absolute Gasteiger partial charge is 0.0376 e. The van der Waals surface area contributed by atoms with Crippen LogP contribution < -0.4 is 5.32 Å². The monoisotopic (exact) mass is 267 g/mol. The van der Waals surface area contributed by atoms with Gasteiger partial charge in [0, 0.05) is 31.7 Å². The lowest BCUT2D eigenvalue weighted by Gasteiger charge is -2.44. The topological polar surface area (TPSA) is 18.5 Å². The Morgan fingerprint density at radius 2 is 1.74 bits per heavy atom. The van der Waals surface area contributed by atoms with E-state index in [1.807, 2.05) is 0 Å². The fourth-order valence-electron chi connectivity index (χ4n) is 3.95. The van der Waals surface area contributed by atoms with Crippen molar-refractivity contribution in [2.75, 3.05) is 40.3 Å². The fourth-order valence-corrected chi connectivity index (χ4v) is 3.95. The summed E-state index contributed by atoms with van der Waals surface area (Å²) in [5.74, 6) is 0.890. The molecule has 2 aliphatic rings. The molecule has 1 N–H and O–H groups in total. The zero-order valence-electron chi connectivity index (χ0n) is 13.2. The van der Waals surface area contributed by atoms with Crippen LogP contribution in [0.15, 0.2) is 0 Å². The molecule has 2 atom stereocenters. The van der Waals surface area contributed by atoms with Gasteiger partial charge in [-0.3, -0.25) is 4.90 Å². The molecule has 19 heavy (non-hydrogen) atoms. The number of likely N-dealkylation sites (N-methyl/N-ethyl adjacent to an activating group) is 3. The minimum Gasteiger partial charge on any atom is -0.312 e. The summed E-state index contributed by atoms with van der Waals surface area (Å²) in [5, 5.41) is 3.83. The van der Waals surface area contributed by atoms with Crippen molar-refractivity contribution in [2.24, 2.45) is 5.92 Å². The molecular formula is C16H33N3. The second-order valence-corrected chi connectivity index (χ2v) is 6.65. The maximum Gasteiger partial charge on any atom is 0.0376 e. The molecular weight excluding hydrogens is 234 g/mol. The van der Waals surface area contributed by atoms with Gasteiger partial charge < -0.3 is 10.2 Å². The third-order valence-electron chi connectivity index (χ3n) is 5.16. The highest BCUT2D eigenvalue weighted by Gasteiger charge is 2.34. The lowest BCUT2D eigenvalue weighted by atomic mass is 9.85. The van der Waals surface area contributed by atoms with E-state index in [0.717, 1.165) is 12.5 Å². The van der Waals surface area contributed by atoms with Gasteiger partial charge in [0.2, 0.25) is 0 Å². The summed E-state index contributed by atoms with van der Waals surface area (Å²) >= 11 is 0. The van der Waals surface area contributed by atoms with E-state index < -0.39 is 0 Å². The van der Waals surface area contributed by atoms with Crippen LogP contribution in [-0.4, -0.2) is 62.2 Å². The van der Waals surface area contributed by atoms with Gasteiger partial charge in [0.1, 0.15) is 0 Å². The number of nitrogens with one attached hydrogen (secondary N) is 1. The van der Waals surface area contributed by atoms with Gasteiger partial charge in [-0.25, -0.2) is 0 Å². The second-order valence-electron chi connectivity index (χ2n) is 6.65. The Morgan fingerprint density at radius 1 is 1.05 bits per heavy atom. The summed E-state index contributed by atoms with van der Waals surface area (Å²) < 4.78 is 0. The molecule has 112 valence electrons. The molecule has 1 aliphatic carbocycles. The first-order valence-electron chi connectivity index (χ1n) is 8.34. The van der Waals surface area contributed by atoms with Gasteiger partial charge in [-0.05, 0) is 39.4 Å². The van der Waals surface area contributed by atoms with Crippen LogP contribution in [-0.2, 0) is 0 Å². The highest BCUT2D eigenvalue weighted by Crippen LogP contribution is 2.29. The molecule has 3 heteroatoms. The predicted molar refractivity (Wildman–Crippen MR) is 82.6 cm³/mol. The van der Waals surface area contributed by atoms with Crippen molar-refractivity contribution in [2.45, 2.75) is 57.5 Å². The van der Waals surface area contributed by atoms with Crippen LogP contribution >= 0.6 is 0 Å². The van der Waals surface area contributed by atoms with Gasteiger partial charge in [-0.15, -0.1) is 0 Å². The largest absolute Gasteiger partial charge is 0.312 e. The Bertz CT molecular complexity index is 248. The lowest BCUT2D eigenvalue weighted by molar-refractivity contribution is 0.0671. The number of piperazine rings is 1. The zero-order chi connectivity index (χ0) is 13.7. The van der Waals surface area contributed by atoms with E-state index in [4.69, 9.17) is 0 Å². The molecule has 1 saturated carbocycles. The highest BCUT2D eigenvalue weighted by molar-refractivity contribution is 4.93. The maximum absolute atomic E-state index is 3.83. The summed E-state index contributed by atoms with van der Waals surface area (Å²) in [6.07, 6.45) is 8.67. The van der Waals surface area contributed by atoms with E-state index in [9.17, 15) is 0 Å². The van der Waals surface area contributed by atoms with Gasteiger partial charge in [0.25, 0.3) is 0 Å². The highest BCUT2D eigenvalue weighted by atomic mass is 15.3. The van der Waals surface area contributed by atoms with Crippen LogP contribution in [0, 0.1) is 5.92 Å². The first-order chi connectivity index (χ1) is 9.22. The molecule has 1 aliphatic heterocycles. The van der Waals surface area contributed by atoms with E-state index in [0.29, 0.717) is 12.1 Å². The molecule has 2 fully saturated rings. The van der Waals surface area contributed by atoms with Gasteiger partial charge in [-0.2, -0.15) is 0 Å². The van der Waals surface area contributed by atoms with E-state index in [1.54, 1.807) is 0 Å². The lowest BCUT2D eigenvalue weighted by Crippen LogP contribution is -2.60. The summed E-state index contributed by atoms with van der Waals surface area (Å²) in [6.45, 7) is 7.03. The minimum absolute atomic E-state index is 0.691. The van der Waals surface area contributed by atoms with Crippen LogP contribution in [0.3, 0.4) is 0 Å². The molecule has 2 unspecified atom stereocenters. The van der Waals surface area contributed by atoms with Gasteiger partial charge in [0.15, 0.2) is 0 Å². The zero-order valence-corrected chi connectivity index (χ0v) is 13.2. The third kappa shape index (κ3) is 4.17. The number of nitrogens with zero attached hydrogens (tertiary/aromatic N) is 2. The number of hydrogen-bond acceptors (Lipinski definition) is 3. The van der Waals surface area contributed by atoms with Crippen molar-refractivity contribution in [3.05, 3.63) is 0 Å². The Kier molecular flexibility index (Phi) is 6.11. The molecule has 0 spiro atoms. The second kappa shape index (κ2) is 7.61. The van der Waals surface area contributed by atoms with E-state index in [1.165, 1.54) is 58.2 Å². The van der Waals surface area contributed by atoms with E-state index in [2.05, 4.69) is 36.1 Å². The maximum atomic E-state index is 3.83. The molecule has 0 aromatic rings. The van der Waals surface area contributed by atoms with Crippen molar-refractivity contribution in [3.63, 3.8) is 0 Å². The Morgan fingerprint density at radius 3 is 2.37 bits per heavy atom. The van der Waals surface area contributed by atoms with Crippen LogP contribution in [0.5, 0.6) is 0 Å². The van der Waals surface area contributed by atoms with Crippen LogP contribution in [0.25, 0.3) is 0 Å². The SMILES string of the molecule is CCNC(C1CCCCCC1)C1CN(C)CCN1C. The van der Waals surface area contributed by atoms with Gasteiger partial charge in [0.05, 0.1) is 0 Å². The standard InChI is InChI=1S/C16H33N3/c1-4-17-16(14-9-7-5-6-8-10-14)15-13-18(2)11-12-19(15)3/h14-17H,4-13H2,1-3H3. The van der Waals surface area contributed by atoms with Crippen molar-refractivity contribution >= 4 is 0 Å². The predicted octanol–water partition coefficient (Wildman–Crippen LogP) is 2.18. The Labute approximate surface area is 119 Å². The van der Waals surface area contributed by atoms with E-state index in [-0.39, 0.29) is 0 Å². The average molecular weight is 267 g/mol. The first kappa shape index (κ1) is 15.3. The molecule has 0 radical (unpaired) electrons. The minimum atomic E-state index is 0.691. The van der Waals surface area contributed by atoms with Gasteiger partial charge >= 0.3 is 0 Å². The molecule has 1 heterocycles. The summed E-state index contributed by atoms with van der Waals surface area (Å²) in [6, 6.07) is 1.39. The van der Waals surface area contributed by atoms with Crippen molar-refractivity contribution < 1.29 is 0 Å². The van der Waals surface area contributed by atoms with Crippen molar-refractivity contribution in [1.29, 1.82) is 0 Å². The van der Waals surface area contributed by atoms with Gasteiger partial charge in [-0.1, -0.05) is 32.6 Å². The normalized spacial score (nSPS) is 30.2. The average Bonchev–Trinajstić information content (AvgIpc) is 2.68. The molecule has 0 aromatic carbocycles. The van der Waals surface area contributed by atoms with Crippen molar-refractivity contribution in [1.82, 2.24) is 15.1 Å². The molecule has 0 amide bonds. The number of hydrogen-bond donors (Lipinski definition) is 1. The molecule has 3 nitrogen and oxygen atoms in total. The van der Waals surface area contributed by atoms with Crippen LogP contribution in [0.4, 0.5) is 0 Å². The first-order valence-corrected chi connectivity index (χ1v) is 8.34. The summed E-state index contributed by atoms with van der Waals surface area (Å²) in [4.78, 5) is 5.10. The Hall–Kier alpha value is -0.120. The molecule has 0 bridgehead atoms.